The molecule has 1 saturated heterocycles. The van der Waals surface area contributed by atoms with Crippen LogP contribution < -0.4 is 20.5 Å². The maximum absolute atomic E-state index is 13.9. The number of primary amides is 1. The minimum atomic E-state index is -3.37. The van der Waals surface area contributed by atoms with E-state index < -0.39 is 29.7 Å². The normalized spacial score (nSPS) is 20.4. The second-order valence-corrected chi connectivity index (χ2v) is 7.57. The van der Waals surface area contributed by atoms with Crippen molar-refractivity contribution in [3.05, 3.63) is 30.0 Å². The third kappa shape index (κ3) is 4.15. The number of rotatable bonds is 8. The minimum Gasteiger partial charge on any atom is -0.490 e. The van der Waals surface area contributed by atoms with Crippen LogP contribution in [0.1, 0.15) is 44.0 Å². The lowest BCUT2D eigenvalue weighted by Gasteiger charge is -2.20. The Hall–Kier alpha value is -2.97. The van der Waals surface area contributed by atoms with Gasteiger partial charge in [0.1, 0.15) is 5.75 Å². The van der Waals surface area contributed by atoms with Gasteiger partial charge in [0.15, 0.2) is 0 Å². The first-order valence-corrected chi connectivity index (χ1v) is 9.86. The van der Waals surface area contributed by atoms with Crippen molar-refractivity contribution in [2.75, 3.05) is 6.61 Å². The predicted octanol–water partition coefficient (Wildman–Crippen LogP) is 3.05. The lowest BCUT2D eigenvalue weighted by Crippen LogP contribution is -2.32. The highest BCUT2D eigenvalue weighted by Crippen LogP contribution is 2.37. The number of alkyl halides is 2. The molecule has 0 saturated carbocycles. The largest absolute Gasteiger partial charge is 0.490 e. The van der Waals surface area contributed by atoms with E-state index in [1.165, 1.54) is 6.20 Å². The summed E-state index contributed by atoms with van der Waals surface area (Å²) in [6.45, 7) is 5.37. The van der Waals surface area contributed by atoms with Crippen LogP contribution in [0.3, 0.4) is 0 Å². The first-order valence-electron chi connectivity index (χ1n) is 9.86. The van der Waals surface area contributed by atoms with Gasteiger partial charge >= 0.3 is 5.92 Å². The van der Waals surface area contributed by atoms with Crippen molar-refractivity contribution < 1.29 is 27.8 Å². The Labute approximate surface area is 172 Å². The molecule has 0 aliphatic carbocycles. The minimum absolute atomic E-state index is 0.0849. The zero-order valence-electron chi connectivity index (χ0n) is 17.1. The third-order valence-corrected chi connectivity index (χ3v) is 5.13. The van der Waals surface area contributed by atoms with E-state index in [-0.39, 0.29) is 37.0 Å². The number of nitrogens with one attached hydrogen (secondary N) is 1. The monoisotopic (exact) mass is 421 g/mol. The van der Waals surface area contributed by atoms with E-state index in [2.05, 4.69) is 10.3 Å². The lowest BCUT2D eigenvalue weighted by molar-refractivity contribution is -0.144. The lowest BCUT2D eigenvalue weighted by atomic mass is 9.93. The molecule has 1 aliphatic rings. The van der Waals surface area contributed by atoms with E-state index >= 15 is 0 Å². The fourth-order valence-corrected chi connectivity index (χ4v) is 3.72. The Morgan fingerprint density at radius 1 is 1.37 bits per heavy atom. The Balaban J connectivity index is 1.81. The maximum Gasteiger partial charge on any atom is 0.329 e. The highest BCUT2D eigenvalue weighted by molar-refractivity contribution is 6.01. The van der Waals surface area contributed by atoms with Gasteiger partial charge in [-0.15, -0.1) is 0 Å². The van der Waals surface area contributed by atoms with Gasteiger partial charge in [-0.2, -0.15) is 8.78 Å². The number of nitrogens with two attached hydrogens (primary N) is 1. The molecule has 9 heteroatoms. The summed E-state index contributed by atoms with van der Waals surface area (Å²) in [4.78, 5) is 27.5. The summed E-state index contributed by atoms with van der Waals surface area (Å²) in [5.41, 5.74) is 5.71. The fourth-order valence-electron chi connectivity index (χ4n) is 3.72. The molecule has 162 valence electrons. The number of pyridine rings is 1. The van der Waals surface area contributed by atoms with Gasteiger partial charge in [0.05, 0.1) is 24.2 Å². The van der Waals surface area contributed by atoms with Gasteiger partial charge < -0.3 is 20.5 Å². The summed E-state index contributed by atoms with van der Waals surface area (Å²) >= 11 is 0. The third-order valence-electron chi connectivity index (χ3n) is 5.13. The van der Waals surface area contributed by atoms with Crippen molar-refractivity contribution in [2.45, 2.75) is 51.7 Å². The smallest absolute Gasteiger partial charge is 0.329 e. The van der Waals surface area contributed by atoms with Gasteiger partial charge in [0, 0.05) is 24.0 Å². The Bertz CT molecular complexity index is 965. The van der Waals surface area contributed by atoms with E-state index in [4.69, 9.17) is 15.2 Å². The number of fused-ring (bicyclic) bond motifs is 1. The summed E-state index contributed by atoms with van der Waals surface area (Å²) in [5, 5.41) is 3.64. The highest BCUT2D eigenvalue weighted by atomic mass is 19.3. The van der Waals surface area contributed by atoms with E-state index in [1.807, 2.05) is 13.8 Å². The molecule has 1 aromatic carbocycles. The number of halogens is 2. The average molecular weight is 421 g/mol. The number of aromatic nitrogens is 1. The van der Waals surface area contributed by atoms with Crippen LogP contribution in [-0.2, 0) is 4.79 Å². The van der Waals surface area contributed by atoms with Gasteiger partial charge in [-0.05, 0) is 43.9 Å². The van der Waals surface area contributed by atoms with Crippen molar-refractivity contribution in [2.24, 2.45) is 11.7 Å². The number of ether oxygens (including phenoxy) is 2. The molecule has 30 heavy (non-hydrogen) atoms. The highest BCUT2D eigenvalue weighted by Gasteiger charge is 2.55. The molecule has 7 nitrogen and oxygen atoms in total. The molecule has 0 unspecified atom stereocenters. The molecule has 3 rings (SSSR count). The molecular weight excluding hydrogens is 396 g/mol. The SMILES string of the molecule is CC[C@H]1[C@H](CCOc2nccc3cc(C(N)=O)c(OC(C)C)cc23)NC(=O)C1(F)F. The Morgan fingerprint density at radius 2 is 2.10 bits per heavy atom. The second kappa shape index (κ2) is 8.41. The Morgan fingerprint density at radius 3 is 2.73 bits per heavy atom. The average Bonchev–Trinajstić information content (AvgIpc) is 2.88. The molecule has 1 aliphatic heterocycles. The van der Waals surface area contributed by atoms with Gasteiger partial charge in [0.25, 0.3) is 11.8 Å². The van der Waals surface area contributed by atoms with Crippen LogP contribution in [0.4, 0.5) is 8.78 Å². The number of hydrogen-bond donors (Lipinski definition) is 2. The van der Waals surface area contributed by atoms with Gasteiger partial charge in [-0.25, -0.2) is 4.98 Å². The standard InChI is InChI=1S/C21H25F2N3O4/c1-4-15-16(26-20(28)21(15,22)23)6-8-29-19-13-10-17(30-11(2)3)14(18(24)27)9-12(13)5-7-25-19/h5,7,9-11,15-16H,4,6,8H2,1-3H3,(H2,24,27)(H,26,28)/t15-,16-/m0/s1. The molecule has 0 bridgehead atoms. The Kier molecular flexibility index (Phi) is 6.09. The number of benzene rings is 1. The predicted molar refractivity (Wildman–Crippen MR) is 107 cm³/mol. The first kappa shape index (κ1) is 21.7. The van der Waals surface area contributed by atoms with Crippen molar-refractivity contribution >= 4 is 22.6 Å². The molecule has 1 fully saturated rings. The molecule has 3 N–H and O–H groups in total. The van der Waals surface area contributed by atoms with Crippen LogP contribution in [0.2, 0.25) is 0 Å². The summed E-state index contributed by atoms with van der Waals surface area (Å²) in [6.07, 6.45) is 1.73. The van der Waals surface area contributed by atoms with Gasteiger partial charge in [0.2, 0.25) is 5.88 Å². The summed E-state index contributed by atoms with van der Waals surface area (Å²) in [7, 11) is 0. The topological polar surface area (TPSA) is 104 Å². The van der Waals surface area contributed by atoms with E-state index in [1.54, 1.807) is 25.1 Å². The number of amides is 2. The van der Waals surface area contributed by atoms with Gasteiger partial charge in [-0.1, -0.05) is 6.92 Å². The number of nitrogens with zero attached hydrogens (tertiary/aromatic N) is 1. The van der Waals surface area contributed by atoms with E-state index in [0.29, 0.717) is 16.5 Å². The molecule has 2 atom stereocenters. The summed E-state index contributed by atoms with van der Waals surface area (Å²) in [5.74, 6) is -5.70. The fraction of sp³-hybridized carbons (Fsp3) is 0.476. The van der Waals surface area contributed by atoms with Crippen LogP contribution in [0.25, 0.3) is 10.8 Å². The number of hydrogen-bond acceptors (Lipinski definition) is 5. The molecule has 2 amide bonds. The summed E-state index contributed by atoms with van der Waals surface area (Å²) in [6, 6.07) is 4.28. The number of carbonyl (C=O) groups is 2. The van der Waals surface area contributed by atoms with Crippen molar-refractivity contribution in [3.8, 4) is 11.6 Å². The number of carbonyl (C=O) groups excluding carboxylic acids is 2. The molecular formula is C21H25F2N3O4. The maximum atomic E-state index is 13.9. The van der Waals surface area contributed by atoms with Crippen LogP contribution in [-0.4, -0.2) is 41.5 Å². The van der Waals surface area contributed by atoms with Crippen LogP contribution in [0, 0.1) is 5.92 Å². The zero-order valence-corrected chi connectivity index (χ0v) is 17.1. The van der Waals surface area contributed by atoms with E-state index in [9.17, 15) is 18.4 Å². The van der Waals surface area contributed by atoms with Gasteiger partial charge in [-0.3, -0.25) is 9.59 Å². The van der Waals surface area contributed by atoms with Crippen molar-refractivity contribution in [3.63, 3.8) is 0 Å². The van der Waals surface area contributed by atoms with Crippen LogP contribution >= 0.6 is 0 Å². The molecule has 0 radical (unpaired) electrons. The zero-order chi connectivity index (χ0) is 22.1. The van der Waals surface area contributed by atoms with Crippen molar-refractivity contribution in [1.29, 1.82) is 0 Å². The first-order chi connectivity index (χ1) is 14.1. The van der Waals surface area contributed by atoms with Crippen LogP contribution in [0.15, 0.2) is 24.4 Å². The molecule has 2 heterocycles. The van der Waals surface area contributed by atoms with E-state index in [0.717, 1.165) is 0 Å². The molecule has 1 aromatic heterocycles. The second-order valence-electron chi connectivity index (χ2n) is 7.57. The molecule has 0 spiro atoms. The quantitative estimate of drug-likeness (QED) is 0.682. The van der Waals surface area contributed by atoms with Crippen LogP contribution in [0.5, 0.6) is 11.6 Å². The summed E-state index contributed by atoms with van der Waals surface area (Å²) < 4.78 is 39.4. The van der Waals surface area contributed by atoms with Crippen molar-refractivity contribution in [1.82, 2.24) is 10.3 Å². The molecule has 2 aromatic rings.